The lowest BCUT2D eigenvalue weighted by molar-refractivity contribution is 0.175. The Kier molecular flexibility index (Phi) is 4.89. The van der Waals surface area contributed by atoms with Gasteiger partial charge in [-0.15, -0.1) is 0 Å². The van der Waals surface area contributed by atoms with E-state index in [-0.39, 0.29) is 11.8 Å². The number of nitrogens with one attached hydrogen (secondary N) is 1. The zero-order chi connectivity index (χ0) is 20.5. The van der Waals surface area contributed by atoms with Crippen molar-refractivity contribution in [2.24, 2.45) is 28.6 Å². The van der Waals surface area contributed by atoms with E-state index >= 15 is 0 Å². The van der Waals surface area contributed by atoms with E-state index in [0.29, 0.717) is 11.5 Å². The van der Waals surface area contributed by atoms with Crippen molar-refractivity contribution in [1.82, 2.24) is 5.32 Å². The summed E-state index contributed by atoms with van der Waals surface area (Å²) in [5.74, 6) is 0.427. The summed E-state index contributed by atoms with van der Waals surface area (Å²) in [6.45, 7) is 6.24. The first-order chi connectivity index (χ1) is 13.4. The minimum atomic E-state index is -1.84. The van der Waals surface area contributed by atoms with Crippen LogP contribution in [0, 0.1) is 73.9 Å². The van der Waals surface area contributed by atoms with E-state index in [1.54, 1.807) is 0 Å². The minimum Gasteiger partial charge on any atom is -0.378 e. The maximum atomic E-state index is 10.2. The molecule has 1 aromatic rings. The molecule has 0 saturated heterocycles. The van der Waals surface area contributed by atoms with Crippen molar-refractivity contribution < 1.29 is 0 Å². The first-order valence-electron chi connectivity index (χ1n) is 9.63. The van der Waals surface area contributed by atoms with Crippen LogP contribution in [0.25, 0.3) is 0 Å². The second-order valence-corrected chi connectivity index (χ2v) is 8.15. The third kappa shape index (κ3) is 2.41. The van der Waals surface area contributed by atoms with Gasteiger partial charge in [0.15, 0.2) is 0 Å². The van der Waals surface area contributed by atoms with E-state index in [1.165, 1.54) is 0 Å². The first-order valence-corrected chi connectivity index (χ1v) is 9.63. The van der Waals surface area contributed by atoms with Gasteiger partial charge in [-0.3, -0.25) is 0 Å². The molecule has 5 heteroatoms. The molecule has 0 unspecified atom stereocenters. The Morgan fingerprint density at radius 3 is 2.07 bits per heavy atom. The quantitative estimate of drug-likeness (QED) is 0.833. The number of rotatable bonds is 2. The highest BCUT2D eigenvalue weighted by atomic mass is 15.0. The van der Waals surface area contributed by atoms with Gasteiger partial charge in [0.1, 0.15) is 0 Å². The molecule has 0 aromatic heterocycles. The molecule has 1 N–H and O–H groups in total. The molecule has 140 valence electrons. The molecule has 1 aliphatic heterocycles. The molecule has 0 saturated carbocycles. The van der Waals surface area contributed by atoms with E-state index in [9.17, 15) is 21.0 Å². The molecule has 1 aliphatic carbocycles. The summed E-state index contributed by atoms with van der Waals surface area (Å²) in [6.07, 6.45) is 1.78. The molecule has 3 atom stereocenters. The summed E-state index contributed by atoms with van der Waals surface area (Å²) in [4.78, 5) is 0. The molecular formula is C23H23N5. The van der Waals surface area contributed by atoms with Gasteiger partial charge in [0.2, 0.25) is 10.8 Å². The van der Waals surface area contributed by atoms with Crippen molar-refractivity contribution >= 4 is 0 Å². The molecule has 1 heterocycles. The first kappa shape index (κ1) is 19.5. The van der Waals surface area contributed by atoms with Gasteiger partial charge in [-0.2, -0.15) is 21.0 Å². The number of benzene rings is 1. The molecule has 2 aliphatic rings. The summed E-state index contributed by atoms with van der Waals surface area (Å²) >= 11 is 0. The Morgan fingerprint density at radius 1 is 0.964 bits per heavy atom. The van der Waals surface area contributed by atoms with Crippen molar-refractivity contribution in [3.8, 4) is 24.3 Å². The van der Waals surface area contributed by atoms with Crippen LogP contribution in [-0.4, -0.2) is 0 Å². The van der Waals surface area contributed by atoms with E-state index in [4.69, 9.17) is 0 Å². The summed E-state index contributed by atoms with van der Waals surface area (Å²) < 4.78 is 0. The van der Waals surface area contributed by atoms with Gasteiger partial charge in [-0.05, 0) is 35.8 Å². The van der Waals surface area contributed by atoms with Gasteiger partial charge < -0.3 is 5.32 Å². The van der Waals surface area contributed by atoms with Gasteiger partial charge in [-0.25, -0.2) is 0 Å². The molecule has 0 bridgehead atoms. The summed E-state index contributed by atoms with van der Waals surface area (Å²) in [6, 6.07) is 16.9. The predicted octanol–water partition coefficient (Wildman–Crippen LogP) is 4.35. The topological polar surface area (TPSA) is 107 Å². The maximum Gasteiger partial charge on any atom is 0.203 e. The summed E-state index contributed by atoms with van der Waals surface area (Å²) in [5, 5.41) is 44.4. The lowest BCUT2D eigenvalue weighted by atomic mass is 9.51. The highest BCUT2D eigenvalue weighted by Crippen LogP contribution is 2.60. The van der Waals surface area contributed by atoms with Crippen molar-refractivity contribution in [2.75, 3.05) is 0 Å². The molecule has 0 amide bonds. The lowest BCUT2D eigenvalue weighted by Crippen LogP contribution is -2.56. The van der Waals surface area contributed by atoms with Crippen LogP contribution in [0.4, 0.5) is 0 Å². The average Bonchev–Trinajstić information content (AvgIpc) is 2.72. The Hall–Kier alpha value is -3.28. The van der Waals surface area contributed by atoms with Crippen LogP contribution in [0.1, 0.15) is 45.2 Å². The van der Waals surface area contributed by atoms with Gasteiger partial charge >= 0.3 is 0 Å². The third-order valence-corrected chi connectivity index (χ3v) is 6.42. The zero-order valence-corrected chi connectivity index (χ0v) is 16.4. The van der Waals surface area contributed by atoms with Gasteiger partial charge in [0.05, 0.1) is 30.3 Å². The number of nitriles is 4. The normalized spacial score (nSPS) is 27.4. The number of hydrogen-bond donors (Lipinski definition) is 1. The minimum absolute atomic E-state index is 0.0467. The predicted molar refractivity (Wildman–Crippen MR) is 103 cm³/mol. The summed E-state index contributed by atoms with van der Waals surface area (Å²) in [7, 11) is 0. The smallest absolute Gasteiger partial charge is 0.203 e. The Labute approximate surface area is 166 Å². The van der Waals surface area contributed by atoms with Gasteiger partial charge in [0.25, 0.3) is 0 Å². The Morgan fingerprint density at radius 2 is 1.57 bits per heavy atom. The van der Waals surface area contributed by atoms with Crippen LogP contribution >= 0.6 is 0 Å². The van der Waals surface area contributed by atoms with Gasteiger partial charge in [-0.1, -0.05) is 51.1 Å². The second kappa shape index (κ2) is 7.03. The molecule has 3 rings (SSSR count). The van der Waals surface area contributed by atoms with Crippen LogP contribution in [0.5, 0.6) is 0 Å². The van der Waals surface area contributed by atoms with Crippen LogP contribution < -0.4 is 5.32 Å². The van der Waals surface area contributed by atoms with E-state index < -0.39 is 16.9 Å². The molecule has 1 aromatic carbocycles. The molecule has 0 radical (unpaired) electrons. The molecule has 0 fully saturated rings. The fraction of sp³-hybridized carbons (Fsp3) is 0.478. The fourth-order valence-electron chi connectivity index (χ4n) is 4.92. The highest BCUT2D eigenvalue weighted by Gasteiger charge is 2.66. The summed E-state index contributed by atoms with van der Waals surface area (Å²) in [5.41, 5.74) is -1.41. The molecule has 0 spiro atoms. The zero-order valence-electron chi connectivity index (χ0n) is 16.4. The standard InChI is InChI=1S/C23H23N5/c1-15(2)18-10-9-16(3)19-20(18)28-21(17-7-5-4-6-8-17)23(13-26,14-27)22(19,11-24)12-25/h4-8,15-16,18,21,28H,9-10H2,1-3H3/t16-,18-,21+/m0/s1. The Balaban J connectivity index is 2.41. The van der Waals surface area contributed by atoms with Crippen molar-refractivity contribution in [3.63, 3.8) is 0 Å². The fourth-order valence-corrected chi connectivity index (χ4v) is 4.92. The molecular weight excluding hydrogens is 346 g/mol. The van der Waals surface area contributed by atoms with Gasteiger partial charge in [0, 0.05) is 11.6 Å². The largest absolute Gasteiger partial charge is 0.378 e. The number of nitrogens with zero attached hydrogens (tertiary/aromatic N) is 4. The maximum absolute atomic E-state index is 10.2. The molecule has 5 nitrogen and oxygen atoms in total. The monoisotopic (exact) mass is 369 g/mol. The lowest BCUT2D eigenvalue weighted by Gasteiger charge is -2.51. The van der Waals surface area contributed by atoms with Crippen LogP contribution in [0.2, 0.25) is 0 Å². The van der Waals surface area contributed by atoms with E-state index in [0.717, 1.165) is 24.1 Å². The van der Waals surface area contributed by atoms with Crippen LogP contribution in [0.15, 0.2) is 41.6 Å². The van der Waals surface area contributed by atoms with Crippen molar-refractivity contribution in [3.05, 3.63) is 47.2 Å². The van der Waals surface area contributed by atoms with Crippen molar-refractivity contribution in [2.45, 2.75) is 39.7 Å². The SMILES string of the molecule is CC(C)[C@@H]1CC[C@H](C)C2=C1N[C@H](c1ccccc1)C(C#N)(C#N)C2(C#N)C#N. The van der Waals surface area contributed by atoms with Crippen molar-refractivity contribution in [1.29, 1.82) is 21.0 Å². The Bertz CT molecular complexity index is 933. The van der Waals surface area contributed by atoms with Crippen LogP contribution in [-0.2, 0) is 0 Å². The van der Waals surface area contributed by atoms with E-state index in [2.05, 4.69) is 43.4 Å². The highest BCUT2D eigenvalue weighted by molar-refractivity contribution is 5.54. The average molecular weight is 369 g/mol. The van der Waals surface area contributed by atoms with Crippen LogP contribution in [0.3, 0.4) is 0 Å². The molecule has 28 heavy (non-hydrogen) atoms. The van der Waals surface area contributed by atoms with E-state index in [1.807, 2.05) is 37.3 Å². The second-order valence-electron chi connectivity index (χ2n) is 8.15. The number of allylic oxidation sites excluding steroid dienone is 2. The number of hydrogen-bond acceptors (Lipinski definition) is 5. The third-order valence-electron chi connectivity index (χ3n) is 6.42.